The summed E-state index contributed by atoms with van der Waals surface area (Å²) in [4.78, 5) is 13.9. The lowest BCUT2D eigenvalue weighted by atomic mass is 9.85. The van der Waals surface area contributed by atoms with Gasteiger partial charge in [-0.05, 0) is 37.6 Å². The monoisotopic (exact) mass is 258 g/mol. The Kier molecular flexibility index (Phi) is 2.20. The first-order valence-electron chi connectivity index (χ1n) is 5.93. The number of hydrogen-bond donors (Lipinski definition) is 1. The Bertz CT molecular complexity index is 675. The summed E-state index contributed by atoms with van der Waals surface area (Å²) in [6.45, 7) is 3.81. The highest BCUT2D eigenvalue weighted by molar-refractivity contribution is 6.07. The van der Waals surface area contributed by atoms with Gasteiger partial charge >= 0.3 is 6.01 Å². The molecule has 0 radical (unpaired) electrons. The van der Waals surface area contributed by atoms with E-state index in [-0.39, 0.29) is 11.9 Å². The number of aromatic nitrogens is 2. The van der Waals surface area contributed by atoms with Crippen LogP contribution in [0.25, 0.3) is 11.5 Å². The van der Waals surface area contributed by atoms with Crippen LogP contribution in [0.1, 0.15) is 19.4 Å². The molecule has 98 valence electrons. The third-order valence-corrected chi connectivity index (χ3v) is 3.56. The van der Waals surface area contributed by atoms with E-state index < -0.39 is 5.41 Å². The fourth-order valence-electron chi connectivity index (χ4n) is 2.46. The van der Waals surface area contributed by atoms with Gasteiger partial charge in [0.05, 0.1) is 5.41 Å². The van der Waals surface area contributed by atoms with E-state index in [2.05, 4.69) is 10.2 Å². The first kappa shape index (κ1) is 11.7. The zero-order valence-electron chi connectivity index (χ0n) is 11.0. The Morgan fingerprint density at radius 3 is 2.68 bits per heavy atom. The van der Waals surface area contributed by atoms with E-state index in [1.54, 1.807) is 11.9 Å². The van der Waals surface area contributed by atoms with E-state index in [4.69, 9.17) is 10.2 Å². The molecule has 0 saturated heterocycles. The lowest BCUT2D eigenvalue weighted by molar-refractivity contribution is -0.121. The van der Waals surface area contributed by atoms with Gasteiger partial charge < -0.3 is 15.1 Å². The second-order valence-electron chi connectivity index (χ2n) is 5.17. The molecule has 6 heteroatoms. The number of fused-ring (bicyclic) bond motifs is 1. The fraction of sp³-hybridized carbons (Fsp3) is 0.308. The topological polar surface area (TPSA) is 85.2 Å². The van der Waals surface area contributed by atoms with Crippen LogP contribution in [0.15, 0.2) is 22.6 Å². The van der Waals surface area contributed by atoms with E-state index in [0.717, 1.165) is 16.8 Å². The molecule has 1 aromatic heterocycles. The van der Waals surface area contributed by atoms with Crippen LogP contribution in [0, 0.1) is 0 Å². The average molecular weight is 258 g/mol. The van der Waals surface area contributed by atoms with Gasteiger partial charge in [0.25, 0.3) is 0 Å². The number of nitrogens with zero attached hydrogens (tertiary/aromatic N) is 3. The number of nitrogen functional groups attached to an aromatic ring is 1. The smallest absolute Gasteiger partial charge is 0.313 e. The molecule has 2 aromatic rings. The normalized spacial score (nSPS) is 16.8. The van der Waals surface area contributed by atoms with Crippen molar-refractivity contribution in [3.8, 4) is 11.5 Å². The van der Waals surface area contributed by atoms with Gasteiger partial charge in [-0.2, -0.15) is 0 Å². The number of hydrogen-bond acceptors (Lipinski definition) is 5. The van der Waals surface area contributed by atoms with Crippen LogP contribution in [0.3, 0.4) is 0 Å². The average Bonchev–Trinajstić information content (AvgIpc) is 2.88. The SMILES string of the molecule is CN1C(=O)C(C)(C)c2cc(-c3nnc(N)o3)ccc21. The maximum atomic E-state index is 12.2. The molecule has 1 aromatic carbocycles. The maximum absolute atomic E-state index is 12.2. The molecule has 0 fully saturated rings. The summed E-state index contributed by atoms with van der Waals surface area (Å²) in [7, 11) is 1.78. The van der Waals surface area contributed by atoms with Crippen LogP contribution >= 0.6 is 0 Å². The van der Waals surface area contributed by atoms with Crippen molar-refractivity contribution in [1.82, 2.24) is 10.2 Å². The lowest BCUT2D eigenvalue weighted by Gasteiger charge is -2.16. The van der Waals surface area contributed by atoms with Crippen molar-refractivity contribution < 1.29 is 9.21 Å². The molecule has 6 nitrogen and oxygen atoms in total. The van der Waals surface area contributed by atoms with Crippen LogP contribution in [-0.4, -0.2) is 23.2 Å². The van der Waals surface area contributed by atoms with Gasteiger partial charge in [-0.1, -0.05) is 5.10 Å². The van der Waals surface area contributed by atoms with Crippen molar-refractivity contribution in [1.29, 1.82) is 0 Å². The number of carbonyl (C=O) groups excluding carboxylic acids is 1. The summed E-state index contributed by atoms with van der Waals surface area (Å²) >= 11 is 0. The van der Waals surface area contributed by atoms with E-state index in [1.807, 2.05) is 32.0 Å². The van der Waals surface area contributed by atoms with E-state index >= 15 is 0 Å². The number of amides is 1. The molecule has 0 atom stereocenters. The minimum atomic E-state index is -0.550. The van der Waals surface area contributed by atoms with Gasteiger partial charge in [-0.25, -0.2) is 0 Å². The Balaban J connectivity index is 2.16. The summed E-state index contributed by atoms with van der Waals surface area (Å²) in [5, 5.41) is 7.49. The fourth-order valence-corrected chi connectivity index (χ4v) is 2.46. The largest absolute Gasteiger partial charge is 0.404 e. The highest BCUT2D eigenvalue weighted by atomic mass is 16.4. The minimum absolute atomic E-state index is 0.0305. The molecular weight excluding hydrogens is 244 g/mol. The Morgan fingerprint density at radius 2 is 2.05 bits per heavy atom. The van der Waals surface area contributed by atoms with Crippen molar-refractivity contribution in [3.63, 3.8) is 0 Å². The van der Waals surface area contributed by atoms with Gasteiger partial charge in [0.1, 0.15) is 0 Å². The number of rotatable bonds is 1. The minimum Gasteiger partial charge on any atom is -0.404 e. The second-order valence-corrected chi connectivity index (χ2v) is 5.17. The predicted molar refractivity (Wildman–Crippen MR) is 70.6 cm³/mol. The predicted octanol–water partition coefficient (Wildman–Crippen LogP) is 1.57. The maximum Gasteiger partial charge on any atom is 0.313 e. The number of carbonyl (C=O) groups is 1. The van der Waals surface area contributed by atoms with Gasteiger partial charge in [-0.15, -0.1) is 5.10 Å². The molecule has 0 bridgehead atoms. The first-order valence-corrected chi connectivity index (χ1v) is 5.93. The molecule has 2 heterocycles. The number of benzene rings is 1. The van der Waals surface area contributed by atoms with E-state index in [9.17, 15) is 4.79 Å². The lowest BCUT2D eigenvalue weighted by Crippen LogP contribution is -2.33. The summed E-state index contributed by atoms with van der Waals surface area (Å²) in [5.74, 6) is 0.433. The van der Waals surface area contributed by atoms with Gasteiger partial charge in [0.2, 0.25) is 11.8 Å². The highest BCUT2D eigenvalue weighted by Crippen LogP contribution is 2.42. The van der Waals surface area contributed by atoms with Gasteiger partial charge in [0.15, 0.2) is 0 Å². The number of anilines is 2. The van der Waals surface area contributed by atoms with E-state index in [1.165, 1.54) is 0 Å². The van der Waals surface area contributed by atoms with E-state index in [0.29, 0.717) is 5.89 Å². The first-order chi connectivity index (χ1) is 8.91. The van der Waals surface area contributed by atoms with Crippen molar-refractivity contribution in [2.45, 2.75) is 19.3 Å². The van der Waals surface area contributed by atoms with Gasteiger partial charge in [-0.3, -0.25) is 4.79 Å². The number of likely N-dealkylation sites (N-methyl/N-ethyl adjacent to an activating group) is 1. The zero-order chi connectivity index (χ0) is 13.8. The zero-order valence-corrected chi connectivity index (χ0v) is 11.0. The molecule has 0 saturated carbocycles. The van der Waals surface area contributed by atoms with Crippen molar-refractivity contribution in [2.75, 3.05) is 17.7 Å². The molecule has 3 rings (SSSR count). The molecule has 0 aliphatic carbocycles. The molecular formula is C13H14N4O2. The Labute approximate surface area is 110 Å². The number of nitrogens with two attached hydrogens (primary N) is 1. The molecule has 0 spiro atoms. The molecule has 1 aliphatic heterocycles. The van der Waals surface area contributed by atoms with Crippen LogP contribution in [0.4, 0.5) is 11.7 Å². The van der Waals surface area contributed by atoms with Crippen LogP contribution in [-0.2, 0) is 10.2 Å². The van der Waals surface area contributed by atoms with Crippen LogP contribution < -0.4 is 10.6 Å². The summed E-state index contributed by atoms with van der Waals surface area (Å²) in [5.41, 5.74) is 7.50. The summed E-state index contributed by atoms with van der Waals surface area (Å²) in [6, 6.07) is 5.67. The van der Waals surface area contributed by atoms with Crippen molar-refractivity contribution >= 4 is 17.6 Å². The molecule has 19 heavy (non-hydrogen) atoms. The Morgan fingerprint density at radius 1 is 1.32 bits per heavy atom. The Hall–Kier alpha value is -2.37. The molecule has 2 N–H and O–H groups in total. The molecule has 1 aliphatic rings. The quantitative estimate of drug-likeness (QED) is 0.839. The summed E-state index contributed by atoms with van der Waals surface area (Å²) < 4.78 is 5.21. The van der Waals surface area contributed by atoms with Crippen molar-refractivity contribution in [3.05, 3.63) is 23.8 Å². The molecule has 0 unspecified atom stereocenters. The van der Waals surface area contributed by atoms with Crippen LogP contribution in [0.2, 0.25) is 0 Å². The highest BCUT2D eigenvalue weighted by Gasteiger charge is 2.42. The van der Waals surface area contributed by atoms with Crippen molar-refractivity contribution in [2.24, 2.45) is 0 Å². The third-order valence-electron chi connectivity index (χ3n) is 3.56. The standard InChI is InChI=1S/C13H14N4O2/c1-13(2)8-6-7(10-15-16-12(14)19-10)4-5-9(8)17(3)11(13)18/h4-6H,1-3H3,(H2,14,16). The second kappa shape index (κ2) is 3.57. The van der Waals surface area contributed by atoms with Gasteiger partial charge in [0, 0.05) is 18.3 Å². The van der Waals surface area contributed by atoms with Crippen LogP contribution in [0.5, 0.6) is 0 Å². The molecule has 1 amide bonds. The summed E-state index contributed by atoms with van der Waals surface area (Å²) in [6.07, 6.45) is 0. The third kappa shape index (κ3) is 1.53.